The lowest BCUT2D eigenvalue weighted by molar-refractivity contribution is 1.29. The molecule has 0 atom stereocenters. The van der Waals surface area contributed by atoms with Crippen molar-refractivity contribution in [2.45, 2.75) is 6.42 Å². The summed E-state index contributed by atoms with van der Waals surface area (Å²) in [5.41, 5.74) is 2.81. The molecule has 0 saturated carbocycles. The molecule has 1 nitrogen and oxygen atoms in total. The predicted molar refractivity (Wildman–Crippen MR) is 67.5 cm³/mol. The molecule has 2 aromatic carbocycles. The summed E-state index contributed by atoms with van der Waals surface area (Å²) in [5, 5.41) is 2.80. The Balaban J connectivity index is 0.000000562. The third-order valence-electron chi connectivity index (χ3n) is 2.66. The van der Waals surface area contributed by atoms with Gasteiger partial charge < -0.3 is 6.15 Å². The molecular weight excluding hydrogens is 181 g/mol. The molecule has 0 aliphatic heterocycles. The van der Waals surface area contributed by atoms with Crippen LogP contribution in [0.25, 0.3) is 16.8 Å². The van der Waals surface area contributed by atoms with Gasteiger partial charge in [-0.05, 0) is 28.3 Å². The molecular formula is C13H13BN. The third kappa shape index (κ3) is 1.68. The van der Waals surface area contributed by atoms with Crippen molar-refractivity contribution in [3.63, 3.8) is 0 Å². The lowest BCUT2D eigenvalue weighted by Gasteiger charge is -2.11. The summed E-state index contributed by atoms with van der Waals surface area (Å²) < 4.78 is 0. The van der Waals surface area contributed by atoms with E-state index in [2.05, 4.69) is 48.6 Å². The average Bonchev–Trinajstić information content (AvgIpc) is 2.19. The lowest BCUT2D eigenvalue weighted by Crippen LogP contribution is -1.91. The van der Waals surface area contributed by atoms with Gasteiger partial charge in [-0.2, -0.15) is 0 Å². The van der Waals surface area contributed by atoms with E-state index in [9.17, 15) is 0 Å². The Kier molecular flexibility index (Phi) is 3.33. The Hall–Kier alpha value is -1.54. The first kappa shape index (κ1) is 11.5. The highest BCUT2D eigenvalue weighted by Gasteiger charge is 2.06. The van der Waals surface area contributed by atoms with Gasteiger partial charge in [-0.25, -0.2) is 0 Å². The van der Waals surface area contributed by atoms with Crippen LogP contribution >= 0.6 is 0 Å². The van der Waals surface area contributed by atoms with Crippen LogP contribution in [-0.2, 0) is 6.42 Å². The zero-order valence-electron chi connectivity index (χ0n) is 8.61. The summed E-state index contributed by atoms with van der Waals surface area (Å²) in [6, 6.07) is 13.0. The smallest absolute Gasteiger partial charge is 0 e. The van der Waals surface area contributed by atoms with Gasteiger partial charge in [-0.3, -0.25) is 0 Å². The van der Waals surface area contributed by atoms with E-state index in [1.165, 1.54) is 21.9 Å². The van der Waals surface area contributed by atoms with Crippen molar-refractivity contribution in [1.29, 1.82) is 0 Å². The molecule has 2 heteroatoms. The fourth-order valence-corrected chi connectivity index (χ4v) is 2.07. The Morgan fingerprint density at radius 1 is 0.933 bits per heavy atom. The zero-order valence-corrected chi connectivity index (χ0v) is 8.61. The van der Waals surface area contributed by atoms with Crippen molar-refractivity contribution in [2.75, 3.05) is 0 Å². The lowest BCUT2D eigenvalue weighted by atomic mass is 9.93. The molecule has 3 radical (unpaired) electrons. The second kappa shape index (κ2) is 4.32. The van der Waals surface area contributed by atoms with Gasteiger partial charge >= 0.3 is 0 Å². The molecule has 3 N–H and O–H groups in total. The maximum Gasteiger partial charge on any atom is 0 e. The van der Waals surface area contributed by atoms with Crippen LogP contribution in [0, 0.1) is 0 Å². The first-order valence-electron chi connectivity index (χ1n) is 4.62. The number of rotatable bonds is 0. The maximum absolute atomic E-state index is 2.23. The Labute approximate surface area is 92.0 Å². The highest BCUT2D eigenvalue weighted by Crippen LogP contribution is 2.27. The molecule has 0 unspecified atom stereocenters. The van der Waals surface area contributed by atoms with Gasteiger partial charge in [0.25, 0.3) is 0 Å². The number of benzene rings is 2. The van der Waals surface area contributed by atoms with Crippen molar-refractivity contribution in [1.82, 2.24) is 6.15 Å². The first-order valence-corrected chi connectivity index (χ1v) is 4.62. The normalized spacial score (nSPS) is 11.7. The van der Waals surface area contributed by atoms with Gasteiger partial charge in [0.1, 0.15) is 0 Å². The predicted octanol–water partition coefficient (Wildman–Crippen LogP) is 3.19. The quantitative estimate of drug-likeness (QED) is 0.642. The minimum atomic E-state index is 0. The van der Waals surface area contributed by atoms with E-state index in [1.54, 1.807) is 0 Å². The second-order valence-corrected chi connectivity index (χ2v) is 3.47. The summed E-state index contributed by atoms with van der Waals surface area (Å²) >= 11 is 0. The number of hydrogen-bond donors (Lipinski definition) is 1. The molecule has 73 valence electrons. The molecule has 0 amide bonds. The summed E-state index contributed by atoms with van der Waals surface area (Å²) in [6.07, 6.45) is 5.53. The Morgan fingerprint density at radius 2 is 1.67 bits per heavy atom. The molecule has 0 fully saturated rings. The molecule has 0 heterocycles. The van der Waals surface area contributed by atoms with E-state index in [-0.39, 0.29) is 14.6 Å². The van der Waals surface area contributed by atoms with E-state index in [0.717, 1.165) is 6.42 Å². The van der Waals surface area contributed by atoms with Gasteiger partial charge in [0.05, 0.1) is 0 Å². The fourth-order valence-electron chi connectivity index (χ4n) is 2.07. The fraction of sp³-hybridized carbons (Fsp3) is 0.0769. The van der Waals surface area contributed by atoms with Crippen molar-refractivity contribution in [3.05, 3.63) is 53.6 Å². The summed E-state index contributed by atoms with van der Waals surface area (Å²) in [7, 11) is 0. The van der Waals surface area contributed by atoms with E-state index >= 15 is 0 Å². The first-order chi connectivity index (χ1) is 6.45. The minimum absolute atomic E-state index is 0. The van der Waals surface area contributed by atoms with Gasteiger partial charge in [-0.1, -0.05) is 48.6 Å². The number of allylic oxidation sites excluding steroid dienone is 1. The van der Waals surface area contributed by atoms with Crippen molar-refractivity contribution in [3.8, 4) is 0 Å². The highest BCUT2D eigenvalue weighted by molar-refractivity contribution is 5.94. The molecule has 2 aromatic rings. The van der Waals surface area contributed by atoms with E-state index in [0.29, 0.717) is 0 Å². The van der Waals surface area contributed by atoms with Crippen LogP contribution in [0.15, 0.2) is 42.5 Å². The second-order valence-electron chi connectivity index (χ2n) is 3.47. The van der Waals surface area contributed by atoms with Crippen LogP contribution in [0.4, 0.5) is 0 Å². The minimum Gasteiger partial charge on any atom is -0.344 e. The van der Waals surface area contributed by atoms with E-state index < -0.39 is 0 Å². The maximum atomic E-state index is 2.23. The van der Waals surface area contributed by atoms with Crippen molar-refractivity contribution < 1.29 is 0 Å². The van der Waals surface area contributed by atoms with Crippen LogP contribution in [0.5, 0.6) is 0 Å². The number of hydrogen-bond acceptors (Lipinski definition) is 1. The van der Waals surface area contributed by atoms with Crippen molar-refractivity contribution >= 4 is 25.3 Å². The van der Waals surface area contributed by atoms with Gasteiger partial charge in [0.2, 0.25) is 0 Å². The van der Waals surface area contributed by atoms with E-state index in [4.69, 9.17) is 0 Å². The monoisotopic (exact) mass is 194 g/mol. The van der Waals surface area contributed by atoms with Gasteiger partial charge in [0.15, 0.2) is 0 Å². The molecule has 15 heavy (non-hydrogen) atoms. The molecule has 3 rings (SSSR count). The Morgan fingerprint density at radius 3 is 2.47 bits per heavy atom. The molecule has 0 spiro atoms. The van der Waals surface area contributed by atoms with Gasteiger partial charge in [-0.15, -0.1) is 0 Å². The largest absolute Gasteiger partial charge is 0.344 e. The molecule has 0 saturated heterocycles. The molecule has 1 aliphatic rings. The summed E-state index contributed by atoms with van der Waals surface area (Å²) in [6.45, 7) is 0. The van der Waals surface area contributed by atoms with Gasteiger partial charge in [0, 0.05) is 8.41 Å². The third-order valence-corrected chi connectivity index (χ3v) is 2.66. The van der Waals surface area contributed by atoms with Crippen LogP contribution in [0.2, 0.25) is 0 Å². The zero-order chi connectivity index (χ0) is 8.67. The van der Waals surface area contributed by atoms with Crippen LogP contribution in [0.3, 0.4) is 0 Å². The SMILES string of the molecule is C1=Cc2cccc3cccc(c23)C1.N.[B]. The van der Waals surface area contributed by atoms with E-state index in [1.807, 2.05) is 0 Å². The Bertz CT molecular complexity index is 498. The molecule has 1 aliphatic carbocycles. The standard InChI is InChI=1S/C13H10.B.H3N/c1-4-10-6-2-8-12-9-3-7-11(5-1)13(10)12;;/h1-8H,9H2;;1H3. The van der Waals surface area contributed by atoms with Crippen LogP contribution < -0.4 is 6.15 Å². The summed E-state index contributed by atoms with van der Waals surface area (Å²) in [5.74, 6) is 0. The topological polar surface area (TPSA) is 35.0 Å². The summed E-state index contributed by atoms with van der Waals surface area (Å²) in [4.78, 5) is 0. The molecule has 0 bridgehead atoms. The molecule has 0 aromatic heterocycles. The average molecular weight is 194 g/mol. The van der Waals surface area contributed by atoms with Crippen molar-refractivity contribution in [2.24, 2.45) is 0 Å². The van der Waals surface area contributed by atoms with Crippen LogP contribution in [-0.4, -0.2) is 8.41 Å². The van der Waals surface area contributed by atoms with Crippen LogP contribution in [0.1, 0.15) is 11.1 Å². The highest BCUT2D eigenvalue weighted by atomic mass is 14.1.